The number of nitrogens with two attached hydrogens (primary N) is 1. The number of amidine groups is 1. The summed E-state index contributed by atoms with van der Waals surface area (Å²) in [7, 11) is 0. The molecule has 0 heterocycles. The maximum absolute atomic E-state index is 12.9. The summed E-state index contributed by atoms with van der Waals surface area (Å²) in [6.45, 7) is 1.55. The third-order valence-corrected chi connectivity index (χ3v) is 4.64. The van der Waals surface area contributed by atoms with E-state index in [1.54, 1.807) is 31.2 Å². The maximum atomic E-state index is 12.9. The van der Waals surface area contributed by atoms with Gasteiger partial charge in [0.1, 0.15) is 6.04 Å². The van der Waals surface area contributed by atoms with Gasteiger partial charge in [0.05, 0.1) is 6.10 Å². The summed E-state index contributed by atoms with van der Waals surface area (Å²) >= 11 is 6.70. The van der Waals surface area contributed by atoms with E-state index in [2.05, 4.69) is 9.73 Å². The standard InChI is InChI=1S/C17H19ClF2IN3O3/c1-9(14(25)11-4-7-13(8-11)27-17(19,20)21)24-16(23)26-15(22)10-2-5-12(18)6-3-10/h2-3,5-6,9,11,13,22H,4,7-8H2,1H3,(H2,23,24)/t9-,11+,13?/m1/s1. The van der Waals surface area contributed by atoms with E-state index in [1.807, 2.05) is 0 Å². The number of carbonyl (C=O) groups is 1. The van der Waals surface area contributed by atoms with Gasteiger partial charge in [-0.3, -0.25) is 10.2 Å². The van der Waals surface area contributed by atoms with Crippen molar-refractivity contribution in [1.29, 1.82) is 5.41 Å². The van der Waals surface area contributed by atoms with Crippen molar-refractivity contribution < 1.29 is 23.0 Å². The van der Waals surface area contributed by atoms with Gasteiger partial charge in [-0.1, -0.05) is 11.6 Å². The Morgan fingerprint density at radius 3 is 2.63 bits per heavy atom. The van der Waals surface area contributed by atoms with Crippen molar-refractivity contribution in [2.75, 3.05) is 0 Å². The Morgan fingerprint density at radius 2 is 2.04 bits per heavy atom. The number of ketones is 1. The number of Topliss-reactive ketones (excluding diaryl/α,β-unsaturated/α-hetero) is 1. The quantitative estimate of drug-likeness (QED) is 0.259. The summed E-state index contributed by atoms with van der Waals surface area (Å²) < 4.78 is 32.3. The lowest BCUT2D eigenvalue weighted by Crippen LogP contribution is -2.29. The second-order valence-corrected chi connectivity index (χ2v) is 7.87. The molecular formula is C17H19ClF2IN3O3. The zero-order chi connectivity index (χ0) is 20.2. The highest BCUT2D eigenvalue weighted by atomic mass is 127. The molecule has 3 atom stereocenters. The first-order valence-corrected chi connectivity index (χ1v) is 9.64. The van der Waals surface area contributed by atoms with Gasteiger partial charge in [0.2, 0.25) is 5.90 Å². The molecule has 1 aliphatic carbocycles. The Kier molecular flexibility index (Phi) is 7.52. The number of benzene rings is 1. The van der Waals surface area contributed by atoms with Gasteiger partial charge in [-0.25, -0.2) is 4.99 Å². The highest BCUT2D eigenvalue weighted by Crippen LogP contribution is 2.35. The molecule has 0 saturated heterocycles. The molecular weight excluding hydrogens is 495 g/mol. The number of alkyl halides is 3. The number of aliphatic imine (C=N–C) groups is 1. The van der Waals surface area contributed by atoms with Crippen LogP contribution in [-0.2, 0) is 14.3 Å². The van der Waals surface area contributed by atoms with E-state index >= 15 is 0 Å². The van der Waals surface area contributed by atoms with E-state index in [-0.39, 0.29) is 24.1 Å². The molecule has 1 unspecified atom stereocenters. The molecule has 1 saturated carbocycles. The minimum atomic E-state index is -3.25. The number of ether oxygens (including phenoxy) is 2. The SMILES string of the molecule is C[C@@H](N=C(N)OC(=N)c1ccc(Cl)cc1)C(=O)[C@H]1CCC(OC(F)(F)I)C1. The van der Waals surface area contributed by atoms with Crippen molar-refractivity contribution in [1.82, 2.24) is 0 Å². The molecule has 6 nitrogen and oxygen atoms in total. The van der Waals surface area contributed by atoms with Gasteiger partial charge >= 0.3 is 4.12 Å². The first-order chi connectivity index (χ1) is 12.5. The van der Waals surface area contributed by atoms with Crippen molar-refractivity contribution in [2.45, 2.75) is 42.4 Å². The normalized spacial score (nSPS) is 21.7. The second-order valence-electron chi connectivity index (χ2n) is 6.18. The van der Waals surface area contributed by atoms with Crippen LogP contribution < -0.4 is 5.73 Å². The van der Waals surface area contributed by atoms with Crippen LogP contribution in [0.15, 0.2) is 29.3 Å². The molecule has 1 aromatic rings. The number of nitrogens with zero attached hydrogens (tertiary/aromatic N) is 1. The average Bonchev–Trinajstić information content (AvgIpc) is 3.00. The predicted octanol–water partition coefficient (Wildman–Crippen LogP) is 4.12. The maximum Gasteiger partial charge on any atom is 0.408 e. The lowest BCUT2D eigenvalue weighted by atomic mass is 9.98. The fourth-order valence-electron chi connectivity index (χ4n) is 2.88. The van der Waals surface area contributed by atoms with Crippen molar-refractivity contribution >= 4 is 51.9 Å². The smallest absolute Gasteiger partial charge is 0.407 e. The van der Waals surface area contributed by atoms with Crippen LogP contribution in [0.25, 0.3) is 0 Å². The molecule has 1 fully saturated rings. The lowest BCUT2D eigenvalue weighted by molar-refractivity contribution is -0.177. The fourth-order valence-corrected chi connectivity index (χ4v) is 3.37. The summed E-state index contributed by atoms with van der Waals surface area (Å²) in [5.41, 5.74) is 6.12. The predicted molar refractivity (Wildman–Crippen MR) is 107 cm³/mol. The highest BCUT2D eigenvalue weighted by molar-refractivity contribution is 14.1. The molecule has 0 aliphatic heterocycles. The molecule has 1 aliphatic rings. The molecule has 1 aromatic carbocycles. The topological polar surface area (TPSA) is 97.8 Å². The van der Waals surface area contributed by atoms with Crippen LogP contribution in [0, 0.1) is 11.3 Å². The lowest BCUT2D eigenvalue weighted by Gasteiger charge is -2.17. The van der Waals surface area contributed by atoms with Crippen LogP contribution in [0.1, 0.15) is 31.7 Å². The van der Waals surface area contributed by atoms with E-state index in [0.29, 0.717) is 23.4 Å². The molecule has 0 radical (unpaired) electrons. The fraction of sp³-hybridized carbons (Fsp3) is 0.471. The van der Waals surface area contributed by atoms with Crippen LogP contribution in [-0.4, -0.2) is 34.0 Å². The Labute approximate surface area is 174 Å². The van der Waals surface area contributed by atoms with E-state index in [4.69, 9.17) is 27.5 Å². The van der Waals surface area contributed by atoms with Gasteiger partial charge in [0.15, 0.2) is 5.78 Å². The number of nitrogens with one attached hydrogen (secondary N) is 1. The Hall–Kier alpha value is -1.33. The van der Waals surface area contributed by atoms with Crippen molar-refractivity contribution in [3.8, 4) is 0 Å². The minimum Gasteiger partial charge on any atom is -0.407 e. The Morgan fingerprint density at radius 1 is 1.41 bits per heavy atom. The van der Waals surface area contributed by atoms with Crippen LogP contribution in [0.5, 0.6) is 0 Å². The van der Waals surface area contributed by atoms with E-state index in [0.717, 1.165) is 22.6 Å². The number of hydrogen-bond donors (Lipinski definition) is 2. The Bertz CT molecular complexity index is 725. The Balaban J connectivity index is 1.90. The van der Waals surface area contributed by atoms with Gasteiger partial charge < -0.3 is 15.2 Å². The molecule has 3 N–H and O–H groups in total. The number of hydrogen-bond acceptors (Lipinski definition) is 5. The summed E-state index contributed by atoms with van der Waals surface area (Å²) in [4.78, 5) is 16.4. The monoisotopic (exact) mass is 513 g/mol. The molecule has 2 rings (SSSR count). The number of halogens is 4. The van der Waals surface area contributed by atoms with Crippen LogP contribution in [0.3, 0.4) is 0 Å². The number of carbonyl (C=O) groups excluding carboxylic acids is 1. The minimum absolute atomic E-state index is 0.220. The third kappa shape index (κ3) is 6.96. The summed E-state index contributed by atoms with van der Waals surface area (Å²) in [5.74, 6) is -0.871. The average molecular weight is 514 g/mol. The van der Waals surface area contributed by atoms with Crippen molar-refractivity contribution in [2.24, 2.45) is 16.6 Å². The zero-order valence-corrected chi connectivity index (χ0v) is 17.3. The molecule has 27 heavy (non-hydrogen) atoms. The van der Waals surface area contributed by atoms with E-state index in [1.165, 1.54) is 0 Å². The van der Waals surface area contributed by atoms with Crippen LogP contribution >= 0.6 is 34.2 Å². The van der Waals surface area contributed by atoms with Crippen molar-refractivity contribution in [3.63, 3.8) is 0 Å². The van der Waals surface area contributed by atoms with Gasteiger partial charge in [-0.05, 0) is 50.5 Å². The van der Waals surface area contributed by atoms with Gasteiger partial charge in [-0.2, -0.15) is 8.78 Å². The van der Waals surface area contributed by atoms with E-state index in [9.17, 15) is 13.6 Å². The first-order valence-electron chi connectivity index (χ1n) is 8.19. The van der Waals surface area contributed by atoms with Crippen molar-refractivity contribution in [3.05, 3.63) is 34.9 Å². The third-order valence-electron chi connectivity index (χ3n) is 4.13. The molecule has 0 bridgehead atoms. The first kappa shape index (κ1) is 22.0. The number of rotatable bonds is 6. The van der Waals surface area contributed by atoms with Gasteiger partial charge in [0, 0.05) is 39.1 Å². The summed E-state index contributed by atoms with van der Waals surface area (Å²) in [5, 5.41) is 8.38. The highest BCUT2D eigenvalue weighted by Gasteiger charge is 2.38. The zero-order valence-electron chi connectivity index (χ0n) is 14.4. The van der Waals surface area contributed by atoms with Crippen LogP contribution in [0.4, 0.5) is 8.78 Å². The van der Waals surface area contributed by atoms with Gasteiger partial charge in [0.25, 0.3) is 6.02 Å². The molecule has 148 valence electrons. The van der Waals surface area contributed by atoms with E-state index < -0.39 is 22.2 Å². The molecule has 0 amide bonds. The molecule has 0 aromatic heterocycles. The molecule has 0 spiro atoms. The second kappa shape index (κ2) is 9.24. The largest absolute Gasteiger partial charge is 0.408 e. The summed E-state index contributed by atoms with van der Waals surface area (Å²) in [6.07, 6.45) is 0.406. The van der Waals surface area contributed by atoms with Gasteiger partial charge in [-0.15, -0.1) is 0 Å². The van der Waals surface area contributed by atoms with Crippen LogP contribution in [0.2, 0.25) is 5.02 Å². The molecule has 10 heteroatoms. The summed E-state index contributed by atoms with van der Waals surface area (Å²) in [6, 6.07) is 5.26.